The highest BCUT2D eigenvalue weighted by Crippen LogP contribution is 2.40. The third-order valence-electron chi connectivity index (χ3n) is 7.25. The molecule has 3 N–H and O–H groups in total. The van der Waals surface area contributed by atoms with Crippen LogP contribution in [0.5, 0.6) is 5.75 Å². The molecule has 2 aliphatic rings. The van der Waals surface area contributed by atoms with Crippen molar-refractivity contribution >= 4 is 29.1 Å². The number of anilines is 2. The lowest BCUT2D eigenvalue weighted by Gasteiger charge is -2.44. The van der Waals surface area contributed by atoms with Crippen LogP contribution in [0.15, 0.2) is 60.8 Å². The van der Waals surface area contributed by atoms with Crippen LogP contribution in [0.3, 0.4) is 0 Å². The van der Waals surface area contributed by atoms with E-state index in [0.717, 1.165) is 5.17 Å². The van der Waals surface area contributed by atoms with Crippen LogP contribution in [0.4, 0.5) is 20.4 Å². The number of benzene rings is 2. The Labute approximate surface area is 245 Å². The monoisotopic (exact) mass is 599 g/mol. The zero-order chi connectivity index (χ0) is 30.0. The second kappa shape index (κ2) is 12.0. The number of amides is 1. The Balaban J connectivity index is 1.61. The fourth-order valence-corrected chi connectivity index (χ4v) is 5.45. The summed E-state index contributed by atoms with van der Waals surface area (Å²) in [6.45, 7) is 0. The van der Waals surface area contributed by atoms with Gasteiger partial charge in [-0.25, -0.2) is 18.7 Å². The van der Waals surface area contributed by atoms with Crippen LogP contribution in [-0.4, -0.2) is 62.8 Å². The summed E-state index contributed by atoms with van der Waals surface area (Å²) in [6, 6.07) is 14.3. The Morgan fingerprint density at radius 3 is 2.69 bits per heavy atom. The number of aromatic nitrogens is 2. The molecular weight excluding hydrogens is 572 g/mol. The van der Waals surface area contributed by atoms with Crippen molar-refractivity contribution in [1.82, 2.24) is 20.5 Å². The van der Waals surface area contributed by atoms with Gasteiger partial charge in [-0.05, 0) is 37.1 Å². The van der Waals surface area contributed by atoms with Gasteiger partial charge in [-0.15, -0.1) is 0 Å². The molecule has 1 unspecified atom stereocenters. The molecule has 0 bridgehead atoms. The number of aliphatic hydroxyl groups excluding tert-OH is 1. The van der Waals surface area contributed by atoms with Gasteiger partial charge < -0.3 is 15.2 Å². The number of methoxy groups -OCH3 is 1. The van der Waals surface area contributed by atoms with Crippen LogP contribution in [0.2, 0.25) is 5.02 Å². The number of carbonyl (C=O) groups excluding carboxylic acids is 1. The fourth-order valence-electron chi connectivity index (χ4n) is 5.21. The molecule has 5 rings (SSSR count). The van der Waals surface area contributed by atoms with Gasteiger partial charge >= 0.3 is 0 Å². The lowest BCUT2D eigenvalue weighted by molar-refractivity contribution is -0.153. The van der Waals surface area contributed by atoms with Crippen molar-refractivity contribution in [3.05, 3.63) is 77.1 Å². The van der Waals surface area contributed by atoms with E-state index in [0.29, 0.717) is 11.4 Å². The summed E-state index contributed by atoms with van der Waals surface area (Å²) in [5, 5.41) is 37.1. The molecule has 14 heteroatoms. The molecule has 11 nitrogen and oxygen atoms in total. The van der Waals surface area contributed by atoms with Crippen LogP contribution in [0.25, 0.3) is 0 Å². The van der Waals surface area contributed by atoms with Crippen LogP contribution < -0.4 is 20.0 Å². The number of hydrogen-bond acceptors (Lipinski definition) is 10. The highest BCUT2D eigenvalue weighted by atomic mass is 35.5. The van der Waals surface area contributed by atoms with E-state index in [1.165, 1.54) is 29.3 Å². The number of hydrazine groups is 1. The smallest absolute Gasteiger partial charge is 0.252 e. The minimum absolute atomic E-state index is 0.0101. The van der Waals surface area contributed by atoms with E-state index in [9.17, 15) is 29.2 Å². The van der Waals surface area contributed by atoms with Crippen molar-refractivity contribution in [3.8, 4) is 11.8 Å². The minimum atomic E-state index is -2.87. The first-order valence-electron chi connectivity index (χ1n) is 13.2. The maximum absolute atomic E-state index is 13.9. The summed E-state index contributed by atoms with van der Waals surface area (Å²) in [4.78, 5) is 23.7. The number of hydroxylamine groups is 1. The molecule has 2 heterocycles. The average Bonchev–Trinajstić information content (AvgIpc) is 3.36. The number of hydrogen-bond donors (Lipinski definition) is 3. The Morgan fingerprint density at radius 2 is 2.00 bits per heavy atom. The summed E-state index contributed by atoms with van der Waals surface area (Å²) < 4.78 is 32.7. The summed E-state index contributed by atoms with van der Waals surface area (Å²) in [5.41, 5.74) is 0.638. The molecule has 2 aromatic carbocycles. The van der Waals surface area contributed by atoms with Crippen molar-refractivity contribution < 1.29 is 28.6 Å². The zero-order valence-electron chi connectivity index (χ0n) is 22.4. The van der Waals surface area contributed by atoms with E-state index < -0.39 is 49.1 Å². The first kappa shape index (κ1) is 29.4. The van der Waals surface area contributed by atoms with Gasteiger partial charge in [0.2, 0.25) is 11.9 Å². The summed E-state index contributed by atoms with van der Waals surface area (Å²) in [5.74, 6) is -3.15. The molecule has 42 heavy (non-hydrogen) atoms. The highest BCUT2D eigenvalue weighted by Gasteiger charge is 2.48. The number of alkyl halides is 2. The molecule has 1 amide bonds. The second-order valence-corrected chi connectivity index (χ2v) is 10.5. The fraction of sp³-hybridized carbons (Fsp3) is 0.357. The first-order chi connectivity index (χ1) is 20.1. The number of nitrogens with one attached hydrogen (secondary N) is 1. The van der Waals surface area contributed by atoms with Crippen LogP contribution in [-0.2, 0) is 4.79 Å². The van der Waals surface area contributed by atoms with Crippen molar-refractivity contribution in [1.29, 1.82) is 5.26 Å². The third kappa shape index (κ3) is 5.93. The van der Waals surface area contributed by atoms with E-state index in [2.05, 4.69) is 15.3 Å². The van der Waals surface area contributed by atoms with E-state index in [-0.39, 0.29) is 35.1 Å². The van der Waals surface area contributed by atoms with Crippen molar-refractivity contribution in [3.63, 3.8) is 0 Å². The van der Waals surface area contributed by atoms with Gasteiger partial charge in [0.25, 0.3) is 5.92 Å². The lowest BCUT2D eigenvalue weighted by Crippen LogP contribution is -2.59. The number of nitriles is 1. The maximum Gasteiger partial charge on any atom is 0.252 e. The Hall–Kier alpha value is -4.09. The first-order valence-corrected chi connectivity index (χ1v) is 13.5. The lowest BCUT2D eigenvalue weighted by atomic mass is 9.88. The van der Waals surface area contributed by atoms with E-state index in [1.807, 2.05) is 6.07 Å². The summed E-state index contributed by atoms with van der Waals surface area (Å²) >= 11 is 6.58. The largest absolute Gasteiger partial charge is 0.497 e. The van der Waals surface area contributed by atoms with Crippen LogP contribution in [0, 0.1) is 11.3 Å². The molecule has 3 aromatic rings. The molecular formula is C28H28ClF2N7O4. The highest BCUT2D eigenvalue weighted by molar-refractivity contribution is 6.31. The molecule has 1 saturated carbocycles. The van der Waals surface area contributed by atoms with Gasteiger partial charge in [0, 0.05) is 41.7 Å². The van der Waals surface area contributed by atoms with Crippen LogP contribution in [0.1, 0.15) is 43.0 Å². The predicted octanol–water partition coefficient (Wildman–Crippen LogP) is 4.02. The molecule has 1 aromatic heterocycles. The van der Waals surface area contributed by atoms with E-state index in [1.54, 1.807) is 48.5 Å². The molecule has 0 radical (unpaired) electrons. The predicted molar refractivity (Wildman–Crippen MR) is 148 cm³/mol. The topological polar surface area (TPSA) is 138 Å². The quantitative estimate of drug-likeness (QED) is 0.309. The Bertz CT molecular complexity index is 1480. The summed E-state index contributed by atoms with van der Waals surface area (Å²) in [6.07, 6.45) is -1.41. The molecule has 220 valence electrons. The molecule has 2 fully saturated rings. The van der Waals surface area contributed by atoms with Crippen molar-refractivity contribution in [2.24, 2.45) is 0 Å². The maximum atomic E-state index is 13.9. The van der Waals surface area contributed by atoms with E-state index in [4.69, 9.17) is 16.3 Å². The standard InChI is InChI=1S/C28H28ClF2N7O4/c1-42-20-6-4-5-19(13-20)37(38(41)23-9-10-24(39)36(23)27-33-12-11-17(16-32)35-27)25(21-7-2-3-8-22(21)29)26(40)34-18-14-28(30,31)15-18/h2-8,11-13,18,23-25,39,41H,9-10,14-15H2,1H3,(H,34,40)/t23-,24?,25+/m1/s1. The number of carbonyl (C=O) groups is 1. The van der Waals surface area contributed by atoms with Crippen molar-refractivity contribution in [2.75, 3.05) is 17.0 Å². The van der Waals surface area contributed by atoms with Gasteiger partial charge in [0.1, 0.15) is 29.9 Å². The van der Waals surface area contributed by atoms with Gasteiger partial charge in [0.05, 0.1) is 12.8 Å². The van der Waals surface area contributed by atoms with Gasteiger partial charge in [-0.1, -0.05) is 41.0 Å². The van der Waals surface area contributed by atoms with Crippen molar-refractivity contribution in [2.45, 2.75) is 56.1 Å². The number of rotatable bonds is 9. The van der Waals surface area contributed by atoms with Crippen LogP contribution >= 0.6 is 11.6 Å². The normalized spacial score (nSPS) is 20.5. The SMILES string of the molecule is COc1cccc(N([C@H](C(=O)NC2CC(F)(F)C2)c2ccccc2Cl)N(O)[C@@H]2CCC(O)N2c2nccc(C#N)n2)c1. The van der Waals surface area contributed by atoms with E-state index >= 15 is 0 Å². The Morgan fingerprint density at radius 1 is 1.24 bits per heavy atom. The molecule has 3 atom stereocenters. The third-order valence-corrected chi connectivity index (χ3v) is 7.59. The number of aliphatic hydroxyl groups is 1. The second-order valence-electron chi connectivity index (χ2n) is 10.1. The van der Waals surface area contributed by atoms with Gasteiger partial charge in [-0.2, -0.15) is 5.26 Å². The summed E-state index contributed by atoms with van der Waals surface area (Å²) in [7, 11) is 1.46. The zero-order valence-corrected chi connectivity index (χ0v) is 23.2. The van der Waals surface area contributed by atoms with Gasteiger partial charge in [-0.3, -0.25) is 19.9 Å². The molecule has 1 saturated heterocycles. The number of nitrogens with zero attached hydrogens (tertiary/aromatic N) is 6. The van der Waals surface area contributed by atoms with Gasteiger partial charge in [0.15, 0.2) is 6.04 Å². The molecule has 1 aliphatic heterocycles. The molecule has 1 aliphatic carbocycles. The number of ether oxygens (including phenoxy) is 1. The number of halogens is 3. The Kier molecular flexibility index (Phi) is 8.42. The average molecular weight is 600 g/mol. The minimum Gasteiger partial charge on any atom is -0.497 e. The molecule has 0 spiro atoms.